The fourth-order valence-electron chi connectivity index (χ4n) is 2.03. The number of piperidine rings is 1. The Morgan fingerprint density at radius 1 is 1.62 bits per heavy atom. The van der Waals surface area contributed by atoms with E-state index in [0.29, 0.717) is 12.6 Å². The quantitative estimate of drug-likeness (QED) is 0.652. The van der Waals surface area contributed by atoms with Gasteiger partial charge in [0.05, 0.1) is 13.0 Å². The van der Waals surface area contributed by atoms with E-state index < -0.39 is 5.97 Å². The van der Waals surface area contributed by atoms with Crippen molar-refractivity contribution in [3.8, 4) is 0 Å². The van der Waals surface area contributed by atoms with Crippen LogP contribution in [0.2, 0.25) is 0 Å². The number of aliphatic carboxylic acids is 1. The van der Waals surface area contributed by atoms with Gasteiger partial charge in [0.2, 0.25) is 0 Å². The largest absolute Gasteiger partial charge is 0.481 e. The molecular weight excluding hydrogens is 208 g/mol. The summed E-state index contributed by atoms with van der Waals surface area (Å²) in [6, 6.07) is 0.435. The van der Waals surface area contributed by atoms with Crippen LogP contribution in [0.25, 0.3) is 0 Å². The maximum Gasteiger partial charge on any atom is 0.304 e. The highest BCUT2D eigenvalue weighted by molar-refractivity contribution is 5.66. The molecule has 16 heavy (non-hydrogen) atoms. The van der Waals surface area contributed by atoms with Gasteiger partial charge in [-0.3, -0.25) is 9.69 Å². The Hall–Kier alpha value is -0.650. The number of carboxylic acids is 1. The zero-order valence-corrected chi connectivity index (χ0v) is 9.95. The van der Waals surface area contributed by atoms with E-state index >= 15 is 0 Å². The van der Waals surface area contributed by atoms with Crippen molar-refractivity contribution in [2.75, 3.05) is 39.9 Å². The van der Waals surface area contributed by atoms with Crippen LogP contribution in [0.5, 0.6) is 0 Å². The number of nitrogens with zero attached hydrogens (tertiary/aromatic N) is 1. The van der Waals surface area contributed by atoms with Gasteiger partial charge in [0.25, 0.3) is 0 Å². The number of hydrogen-bond acceptors (Lipinski definition) is 4. The first kappa shape index (κ1) is 13.4. The lowest BCUT2D eigenvalue weighted by Crippen LogP contribution is -2.47. The fourth-order valence-corrected chi connectivity index (χ4v) is 2.03. The van der Waals surface area contributed by atoms with E-state index in [1.165, 1.54) is 6.42 Å². The van der Waals surface area contributed by atoms with Crippen LogP contribution in [0.3, 0.4) is 0 Å². The molecule has 2 N–H and O–H groups in total. The Bertz CT molecular complexity index is 211. The molecule has 94 valence electrons. The summed E-state index contributed by atoms with van der Waals surface area (Å²) in [5.74, 6) is -0.737. The Balaban J connectivity index is 2.14. The average molecular weight is 230 g/mol. The molecule has 1 atom stereocenters. The van der Waals surface area contributed by atoms with Crippen molar-refractivity contribution < 1.29 is 14.6 Å². The third-order valence-electron chi connectivity index (χ3n) is 2.89. The van der Waals surface area contributed by atoms with Crippen molar-refractivity contribution >= 4 is 5.97 Å². The molecule has 1 rings (SSSR count). The summed E-state index contributed by atoms with van der Waals surface area (Å²) in [5, 5.41) is 11.8. The topological polar surface area (TPSA) is 61.8 Å². The maximum atomic E-state index is 10.4. The zero-order valence-electron chi connectivity index (χ0n) is 9.95. The minimum absolute atomic E-state index is 0.203. The number of hydrogen-bond donors (Lipinski definition) is 2. The second-order valence-corrected chi connectivity index (χ2v) is 4.23. The third kappa shape index (κ3) is 5.44. The van der Waals surface area contributed by atoms with Gasteiger partial charge in [-0.15, -0.1) is 0 Å². The minimum Gasteiger partial charge on any atom is -0.481 e. The molecule has 0 aromatic carbocycles. The zero-order chi connectivity index (χ0) is 11.8. The van der Waals surface area contributed by atoms with Crippen LogP contribution >= 0.6 is 0 Å². The average Bonchev–Trinajstić information content (AvgIpc) is 2.26. The summed E-state index contributed by atoms with van der Waals surface area (Å²) >= 11 is 0. The molecular formula is C11H22N2O3. The molecule has 5 heteroatoms. The van der Waals surface area contributed by atoms with Crippen molar-refractivity contribution in [1.29, 1.82) is 0 Å². The van der Waals surface area contributed by atoms with Gasteiger partial charge in [0.1, 0.15) is 0 Å². The first-order valence-corrected chi connectivity index (χ1v) is 5.89. The summed E-state index contributed by atoms with van der Waals surface area (Å²) in [5.41, 5.74) is 0. The van der Waals surface area contributed by atoms with E-state index in [1.807, 2.05) is 0 Å². The number of likely N-dealkylation sites (tertiary alicyclic amines) is 1. The lowest BCUT2D eigenvalue weighted by atomic mass is 10.1. The molecule has 1 unspecified atom stereocenters. The third-order valence-corrected chi connectivity index (χ3v) is 2.89. The summed E-state index contributed by atoms with van der Waals surface area (Å²) in [6.07, 6.45) is 2.52. The lowest BCUT2D eigenvalue weighted by Gasteiger charge is -2.33. The van der Waals surface area contributed by atoms with Gasteiger partial charge in [-0.25, -0.2) is 0 Å². The summed E-state index contributed by atoms with van der Waals surface area (Å²) in [7, 11) is 1.71. The van der Waals surface area contributed by atoms with Gasteiger partial charge in [-0.2, -0.15) is 0 Å². The highest BCUT2D eigenvalue weighted by Crippen LogP contribution is 2.09. The molecule has 0 radical (unpaired) electrons. The summed E-state index contributed by atoms with van der Waals surface area (Å²) in [6.45, 7) is 4.43. The van der Waals surface area contributed by atoms with E-state index in [9.17, 15) is 4.79 Å². The molecule has 5 nitrogen and oxygen atoms in total. The number of carboxylic acid groups (broad SMARTS) is 1. The van der Waals surface area contributed by atoms with Crippen LogP contribution in [0.15, 0.2) is 0 Å². The van der Waals surface area contributed by atoms with Gasteiger partial charge in [0.15, 0.2) is 0 Å². The molecule has 1 saturated heterocycles. The van der Waals surface area contributed by atoms with E-state index in [-0.39, 0.29) is 6.42 Å². The fraction of sp³-hybridized carbons (Fsp3) is 0.909. The van der Waals surface area contributed by atoms with Crippen molar-refractivity contribution in [2.24, 2.45) is 0 Å². The molecule has 1 heterocycles. The van der Waals surface area contributed by atoms with Gasteiger partial charge in [-0.1, -0.05) is 0 Å². The molecule has 1 fully saturated rings. The van der Waals surface area contributed by atoms with E-state index in [4.69, 9.17) is 9.84 Å². The molecule has 0 amide bonds. The van der Waals surface area contributed by atoms with E-state index in [2.05, 4.69) is 10.2 Å². The highest BCUT2D eigenvalue weighted by Gasteiger charge is 2.18. The second kappa shape index (κ2) is 7.60. The van der Waals surface area contributed by atoms with Crippen LogP contribution in [0, 0.1) is 0 Å². The molecule has 0 aromatic rings. The Morgan fingerprint density at radius 2 is 2.44 bits per heavy atom. The van der Waals surface area contributed by atoms with Crippen molar-refractivity contribution in [1.82, 2.24) is 10.2 Å². The molecule has 0 aromatic heterocycles. The Morgan fingerprint density at radius 3 is 3.12 bits per heavy atom. The molecule has 0 aliphatic carbocycles. The van der Waals surface area contributed by atoms with Gasteiger partial charge >= 0.3 is 5.97 Å². The highest BCUT2D eigenvalue weighted by atomic mass is 16.5. The van der Waals surface area contributed by atoms with Crippen LogP contribution in [0.1, 0.15) is 19.3 Å². The van der Waals surface area contributed by atoms with Crippen LogP contribution in [0.4, 0.5) is 0 Å². The van der Waals surface area contributed by atoms with Crippen LogP contribution in [-0.4, -0.2) is 61.9 Å². The molecule has 0 bridgehead atoms. The number of ether oxygens (including phenoxy) is 1. The predicted molar refractivity (Wildman–Crippen MR) is 61.6 cm³/mol. The Kier molecular flexibility index (Phi) is 6.37. The second-order valence-electron chi connectivity index (χ2n) is 4.23. The predicted octanol–water partition coefficient (Wildman–Crippen LogP) is 0.162. The monoisotopic (exact) mass is 230 g/mol. The first-order valence-electron chi connectivity index (χ1n) is 5.89. The van der Waals surface area contributed by atoms with Crippen LogP contribution in [-0.2, 0) is 9.53 Å². The smallest absolute Gasteiger partial charge is 0.304 e. The van der Waals surface area contributed by atoms with E-state index in [0.717, 1.165) is 32.7 Å². The van der Waals surface area contributed by atoms with E-state index in [1.54, 1.807) is 7.11 Å². The molecule has 1 aliphatic rings. The van der Waals surface area contributed by atoms with Crippen LogP contribution < -0.4 is 5.32 Å². The SMILES string of the molecule is COCCN1CCCC(NCCC(=O)O)C1. The maximum absolute atomic E-state index is 10.4. The lowest BCUT2D eigenvalue weighted by molar-refractivity contribution is -0.136. The normalized spacial score (nSPS) is 22.2. The summed E-state index contributed by atoms with van der Waals surface area (Å²) < 4.78 is 5.05. The minimum atomic E-state index is -0.737. The van der Waals surface area contributed by atoms with Gasteiger partial charge < -0.3 is 15.2 Å². The number of rotatable bonds is 7. The van der Waals surface area contributed by atoms with Gasteiger partial charge in [0, 0.05) is 32.8 Å². The Labute approximate surface area is 96.8 Å². The molecule has 0 saturated carbocycles. The molecule has 0 spiro atoms. The first-order chi connectivity index (χ1) is 7.72. The van der Waals surface area contributed by atoms with Crippen molar-refractivity contribution in [2.45, 2.75) is 25.3 Å². The number of carbonyl (C=O) groups is 1. The van der Waals surface area contributed by atoms with Crippen molar-refractivity contribution in [3.63, 3.8) is 0 Å². The number of nitrogens with one attached hydrogen (secondary N) is 1. The standard InChI is InChI=1S/C11H22N2O3/c1-16-8-7-13-6-2-3-10(9-13)12-5-4-11(14)15/h10,12H,2-9H2,1H3,(H,14,15). The summed E-state index contributed by atoms with van der Waals surface area (Å²) in [4.78, 5) is 12.7. The van der Waals surface area contributed by atoms with Gasteiger partial charge in [-0.05, 0) is 19.4 Å². The molecule has 1 aliphatic heterocycles. The van der Waals surface area contributed by atoms with Crippen molar-refractivity contribution in [3.05, 3.63) is 0 Å². The number of methoxy groups -OCH3 is 1.